The highest BCUT2D eigenvalue weighted by atomic mass is 15.2. The third-order valence-corrected chi connectivity index (χ3v) is 3.92. The number of nitrogens with zero attached hydrogens (tertiary/aromatic N) is 1. The second-order valence-electron chi connectivity index (χ2n) is 6.35. The number of rotatable bonds is 5. The summed E-state index contributed by atoms with van der Waals surface area (Å²) < 4.78 is 0. The minimum absolute atomic E-state index is 0.699. The first-order chi connectivity index (χ1) is 8.04. The van der Waals surface area contributed by atoms with Gasteiger partial charge in [-0.1, -0.05) is 34.6 Å². The summed E-state index contributed by atoms with van der Waals surface area (Å²) in [5, 5.41) is 3.72. The molecule has 1 aliphatic heterocycles. The van der Waals surface area contributed by atoms with E-state index < -0.39 is 0 Å². The first kappa shape index (κ1) is 15.0. The topological polar surface area (TPSA) is 15.3 Å². The average molecular weight is 240 g/mol. The summed E-state index contributed by atoms with van der Waals surface area (Å²) in [5.41, 5.74) is 0. The van der Waals surface area contributed by atoms with Crippen LogP contribution in [0, 0.1) is 11.8 Å². The maximum absolute atomic E-state index is 3.72. The molecule has 17 heavy (non-hydrogen) atoms. The van der Waals surface area contributed by atoms with E-state index in [1.54, 1.807) is 0 Å². The molecule has 2 unspecified atom stereocenters. The second-order valence-corrected chi connectivity index (χ2v) is 6.35. The van der Waals surface area contributed by atoms with E-state index in [4.69, 9.17) is 0 Å². The summed E-state index contributed by atoms with van der Waals surface area (Å²) in [4.78, 5) is 2.73. The molecule has 0 aromatic heterocycles. The van der Waals surface area contributed by atoms with Crippen LogP contribution in [-0.4, -0.2) is 36.6 Å². The lowest BCUT2D eigenvalue weighted by molar-refractivity contribution is 0.143. The molecule has 0 bridgehead atoms. The summed E-state index contributed by atoms with van der Waals surface area (Å²) in [6.07, 6.45) is 3.90. The average Bonchev–Trinajstić information content (AvgIpc) is 2.43. The second kappa shape index (κ2) is 7.38. The summed E-state index contributed by atoms with van der Waals surface area (Å²) >= 11 is 0. The molecule has 0 aromatic rings. The first-order valence-electron chi connectivity index (χ1n) is 7.52. The molecule has 2 heteroatoms. The summed E-state index contributed by atoms with van der Waals surface area (Å²) in [6, 6.07) is 1.47. The van der Waals surface area contributed by atoms with Gasteiger partial charge in [0.15, 0.2) is 0 Å². The van der Waals surface area contributed by atoms with Crippen LogP contribution < -0.4 is 5.32 Å². The van der Waals surface area contributed by atoms with E-state index in [9.17, 15) is 0 Å². The Hall–Kier alpha value is -0.0800. The van der Waals surface area contributed by atoms with Gasteiger partial charge >= 0.3 is 0 Å². The minimum Gasteiger partial charge on any atom is -0.313 e. The predicted molar refractivity (Wildman–Crippen MR) is 76.4 cm³/mol. The highest BCUT2D eigenvalue weighted by Crippen LogP contribution is 2.18. The molecule has 1 saturated heterocycles. The Bertz CT molecular complexity index is 201. The van der Waals surface area contributed by atoms with E-state index in [0.29, 0.717) is 6.04 Å². The van der Waals surface area contributed by atoms with Crippen molar-refractivity contribution < 1.29 is 0 Å². The largest absolute Gasteiger partial charge is 0.313 e. The van der Waals surface area contributed by atoms with Crippen molar-refractivity contribution >= 4 is 0 Å². The highest BCUT2D eigenvalue weighted by Gasteiger charge is 2.25. The van der Waals surface area contributed by atoms with Gasteiger partial charge in [-0.25, -0.2) is 0 Å². The SMILES string of the molecule is CCC(C(C)C)N1CCCNC(CC(C)C)C1. The van der Waals surface area contributed by atoms with Crippen molar-refractivity contribution in [1.29, 1.82) is 0 Å². The lowest BCUT2D eigenvalue weighted by Crippen LogP contribution is -2.45. The zero-order valence-electron chi connectivity index (χ0n) is 12.5. The smallest absolute Gasteiger partial charge is 0.0197 e. The van der Waals surface area contributed by atoms with Crippen LogP contribution in [-0.2, 0) is 0 Å². The zero-order chi connectivity index (χ0) is 12.8. The van der Waals surface area contributed by atoms with E-state index in [1.165, 1.54) is 38.9 Å². The Balaban J connectivity index is 2.58. The van der Waals surface area contributed by atoms with Crippen LogP contribution in [0.15, 0.2) is 0 Å². The third kappa shape index (κ3) is 4.97. The van der Waals surface area contributed by atoms with Crippen molar-refractivity contribution in [3.63, 3.8) is 0 Å². The van der Waals surface area contributed by atoms with E-state index in [-0.39, 0.29) is 0 Å². The van der Waals surface area contributed by atoms with Gasteiger partial charge in [-0.2, -0.15) is 0 Å². The Kier molecular flexibility index (Phi) is 6.50. The predicted octanol–water partition coefficient (Wildman–Crippen LogP) is 3.13. The Labute approximate surface area is 108 Å². The van der Waals surface area contributed by atoms with Gasteiger partial charge in [0.25, 0.3) is 0 Å². The Morgan fingerprint density at radius 2 is 1.94 bits per heavy atom. The van der Waals surface area contributed by atoms with Crippen molar-refractivity contribution in [3.8, 4) is 0 Å². The quantitative estimate of drug-likeness (QED) is 0.794. The first-order valence-corrected chi connectivity index (χ1v) is 7.52. The van der Waals surface area contributed by atoms with E-state index >= 15 is 0 Å². The van der Waals surface area contributed by atoms with Crippen LogP contribution in [0.2, 0.25) is 0 Å². The number of nitrogens with one attached hydrogen (secondary N) is 1. The van der Waals surface area contributed by atoms with E-state index in [0.717, 1.165) is 17.9 Å². The molecular formula is C15H32N2. The molecule has 1 rings (SSSR count). The van der Waals surface area contributed by atoms with E-state index in [2.05, 4.69) is 44.8 Å². The lowest BCUT2D eigenvalue weighted by atomic mass is 9.98. The van der Waals surface area contributed by atoms with Crippen molar-refractivity contribution in [2.75, 3.05) is 19.6 Å². The molecule has 2 nitrogen and oxygen atoms in total. The Morgan fingerprint density at radius 3 is 2.47 bits per heavy atom. The van der Waals surface area contributed by atoms with Crippen molar-refractivity contribution in [1.82, 2.24) is 10.2 Å². The minimum atomic E-state index is 0.699. The maximum atomic E-state index is 3.72. The molecule has 1 fully saturated rings. The maximum Gasteiger partial charge on any atom is 0.0197 e. The molecule has 0 radical (unpaired) electrons. The van der Waals surface area contributed by atoms with E-state index in [1.807, 2.05) is 0 Å². The van der Waals surface area contributed by atoms with Gasteiger partial charge in [-0.05, 0) is 44.2 Å². The van der Waals surface area contributed by atoms with Gasteiger partial charge in [-0.3, -0.25) is 4.90 Å². The van der Waals surface area contributed by atoms with Crippen LogP contribution >= 0.6 is 0 Å². The van der Waals surface area contributed by atoms with Crippen molar-refractivity contribution in [2.45, 2.75) is 66.0 Å². The molecule has 0 saturated carbocycles. The molecule has 2 atom stereocenters. The third-order valence-electron chi connectivity index (χ3n) is 3.92. The molecule has 0 spiro atoms. The molecule has 0 aliphatic carbocycles. The molecule has 102 valence electrons. The van der Waals surface area contributed by atoms with Gasteiger partial charge in [-0.15, -0.1) is 0 Å². The van der Waals surface area contributed by atoms with Crippen LogP contribution in [0.1, 0.15) is 53.9 Å². The van der Waals surface area contributed by atoms with Gasteiger partial charge in [0.05, 0.1) is 0 Å². The van der Waals surface area contributed by atoms with Crippen molar-refractivity contribution in [3.05, 3.63) is 0 Å². The van der Waals surface area contributed by atoms with Gasteiger partial charge in [0.2, 0.25) is 0 Å². The molecule has 1 aliphatic rings. The monoisotopic (exact) mass is 240 g/mol. The van der Waals surface area contributed by atoms with Crippen LogP contribution in [0.5, 0.6) is 0 Å². The van der Waals surface area contributed by atoms with Gasteiger partial charge < -0.3 is 5.32 Å². The van der Waals surface area contributed by atoms with Gasteiger partial charge in [0, 0.05) is 18.6 Å². The van der Waals surface area contributed by atoms with Crippen LogP contribution in [0.25, 0.3) is 0 Å². The zero-order valence-corrected chi connectivity index (χ0v) is 12.5. The molecule has 0 aromatic carbocycles. The fourth-order valence-corrected chi connectivity index (χ4v) is 3.21. The fourth-order valence-electron chi connectivity index (χ4n) is 3.21. The molecule has 1 heterocycles. The lowest BCUT2D eigenvalue weighted by Gasteiger charge is -2.35. The normalized spacial score (nSPS) is 25.2. The Morgan fingerprint density at radius 1 is 1.24 bits per heavy atom. The highest BCUT2D eigenvalue weighted by molar-refractivity contribution is 4.82. The molecular weight excluding hydrogens is 208 g/mol. The number of hydrogen-bond acceptors (Lipinski definition) is 2. The van der Waals surface area contributed by atoms with Gasteiger partial charge in [0.1, 0.15) is 0 Å². The van der Waals surface area contributed by atoms with Crippen LogP contribution in [0.3, 0.4) is 0 Å². The summed E-state index contributed by atoms with van der Waals surface area (Å²) in [6.45, 7) is 15.4. The van der Waals surface area contributed by atoms with Crippen molar-refractivity contribution in [2.24, 2.45) is 11.8 Å². The standard InChI is InChI=1S/C15H32N2/c1-6-15(13(4)5)17-9-7-8-16-14(11-17)10-12(2)3/h12-16H,6-11H2,1-5H3. The number of hydrogen-bond donors (Lipinski definition) is 1. The molecule has 0 amide bonds. The summed E-state index contributed by atoms with van der Waals surface area (Å²) in [5.74, 6) is 1.57. The summed E-state index contributed by atoms with van der Waals surface area (Å²) in [7, 11) is 0. The fraction of sp³-hybridized carbons (Fsp3) is 1.00. The van der Waals surface area contributed by atoms with Crippen LogP contribution in [0.4, 0.5) is 0 Å². The molecule has 1 N–H and O–H groups in total.